The zero-order valence-corrected chi connectivity index (χ0v) is 17.5. The standard InChI is InChI=1S/C19H38O7S/c27-16-4-2-1-3-5-24-17-19-18-25-13-12-22-9-8-20-6-7-21-10-11-23-14-15-26-19/h19,27H,1-18H2. The number of ether oxygens (including phenoxy) is 7. The van der Waals surface area contributed by atoms with Crippen LogP contribution in [0, 0.1) is 0 Å². The second kappa shape index (κ2) is 20.8. The van der Waals surface area contributed by atoms with E-state index in [2.05, 4.69) is 12.6 Å². The molecule has 162 valence electrons. The maximum atomic E-state index is 5.85. The van der Waals surface area contributed by atoms with E-state index in [-0.39, 0.29) is 6.10 Å². The Morgan fingerprint density at radius 2 is 1.15 bits per heavy atom. The summed E-state index contributed by atoms with van der Waals surface area (Å²) in [4.78, 5) is 0. The van der Waals surface area contributed by atoms with Gasteiger partial charge in [-0.1, -0.05) is 12.8 Å². The van der Waals surface area contributed by atoms with Crippen LogP contribution < -0.4 is 0 Å². The van der Waals surface area contributed by atoms with E-state index in [4.69, 9.17) is 33.2 Å². The molecular weight excluding hydrogens is 372 g/mol. The Morgan fingerprint density at radius 1 is 0.630 bits per heavy atom. The van der Waals surface area contributed by atoms with E-state index in [0.29, 0.717) is 79.3 Å². The molecule has 1 aliphatic rings. The van der Waals surface area contributed by atoms with Gasteiger partial charge < -0.3 is 33.2 Å². The van der Waals surface area contributed by atoms with Gasteiger partial charge in [0.15, 0.2) is 0 Å². The summed E-state index contributed by atoms with van der Waals surface area (Å²) in [6.07, 6.45) is 4.54. The zero-order chi connectivity index (χ0) is 19.3. The van der Waals surface area contributed by atoms with Crippen molar-refractivity contribution < 1.29 is 33.2 Å². The van der Waals surface area contributed by atoms with Gasteiger partial charge in [0.05, 0.1) is 79.3 Å². The van der Waals surface area contributed by atoms with E-state index < -0.39 is 0 Å². The summed E-state index contributed by atoms with van der Waals surface area (Å²) in [6, 6.07) is 0. The maximum Gasteiger partial charge on any atom is 0.104 e. The smallest absolute Gasteiger partial charge is 0.104 e. The number of hydrogen-bond acceptors (Lipinski definition) is 8. The topological polar surface area (TPSA) is 64.6 Å². The summed E-state index contributed by atoms with van der Waals surface area (Å²) in [5.41, 5.74) is 0. The lowest BCUT2D eigenvalue weighted by Crippen LogP contribution is -2.28. The molecule has 0 saturated carbocycles. The Balaban J connectivity index is 2.17. The van der Waals surface area contributed by atoms with Crippen molar-refractivity contribution in [1.29, 1.82) is 0 Å². The fraction of sp³-hybridized carbons (Fsp3) is 1.00. The third kappa shape index (κ3) is 17.9. The van der Waals surface area contributed by atoms with Gasteiger partial charge in [-0.15, -0.1) is 0 Å². The van der Waals surface area contributed by atoms with E-state index in [1.165, 1.54) is 19.3 Å². The summed E-state index contributed by atoms with van der Waals surface area (Å²) >= 11 is 4.22. The van der Waals surface area contributed by atoms with Crippen molar-refractivity contribution in [2.45, 2.75) is 31.8 Å². The highest BCUT2D eigenvalue weighted by Gasteiger charge is 2.10. The third-order valence-corrected chi connectivity index (χ3v) is 4.19. The largest absolute Gasteiger partial charge is 0.379 e. The Labute approximate surface area is 169 Å². The lowest BCUT2D eigenvalue weighted by Gasteiger charge is -2.19. The highest BCUT2D eigenvalue weighted by Crippen LogP contribution is 2.03. The van der Waals surface area contributed by atoms with Crippen LogP contribution in [0.2, 0.25) is 0 Å². The van der Waals surface area contributed by atoms with Crippen molar-refractivity contribution in [3.63, 3.8) is 0 Å². The molecular formula is C19H38O7S. The first kappa shape index (κ1) is 25.1. The number of thiol groups is 1. The first-order valence-corrected chi connectivity index (χ1v) is 10.8. The normalized spacial score (nSPS) is 22.8. The number of rotatable bonds is 8. The van der Waals surface area contributed by atoms with Gasteiger partial charge in [-0.05, 0) is 18.6 Å². The molecule has 0 radical (unpaired) electrons. The van der Waals surface area contributed by atoms with Gasteiger partial charge in [-0.3, -0.25) is 0 Å². The molecule has 0 aromatic heterocycles. The zero-order valence-electron chi connectivity index (χ0n) is 16.6. The second-order valence-electron chi connectivity index (χ2n) is 6.23. The second-order valence-corrected chi connectivity index (χ2v) is 6.68. The van der Waals surface area contributed by atoms with Crippen LogP contribution in [0.4, 0.5) is 0 Å². The number of unbranched alkanes of at least 4 members (excludes halogenated alkanes) is 3. The summed E-state index contributed by atoms with van der Waals surface area (Å²) in [7, 11) is 0. The SMILES string of the molecule is SCCCCCCOCC1COCCOCCOCCOCCOCCO1. The van der Waals surface area contributed by atoms with Gasteiger partial charge in [0.1, 0.15) is 6.10 Å². The summed E-state index contributed by atoms with van der Waals surface area (Å²) in [5, 5.41) is 0. The van der Waals surface area contributed by atoms with Crippen molar-refractivity contribution in [3.8, 4) is 0 Å². The average Bonchev–Trinajstić information content (AvgIpc) is 2.68. The Bertz CT molecular complexity index is 276. The molecule has 0 spiro atoms. The van der Waals surface area contributed by atoms with E-state index in [0.717, 1.165) is 18.8 Å². The summed E-state index contributed by atoms with van der Waals surface area (Å²) in [5.74, 6) is 0.957. The molecule has 1 fully saturated rings. The first-order valence-electron chi connectivity index (χ1n) is 10.1. The van der Waals surface area contributed by atoms with Gasteiger partial charge in [-0.25, -0.2) is 0 Å². The minimum absolute atomic E-state index is 0.0930. The highest BCUT2D eigenvalue weighted by molar-refractivity contribution is 7.80. The van der Waals surface area contributed by atoms with E-state index in [1.807, 2.05) is 0 Å². The minimum Gasteiger partial charge on any atom is -0.379 e. The highest BCUT2D eigenvalue weighted by atomic mass is 32.1. The van der Waals surface area contributed by atoms with E-state index in [9.17, 15) is 0 Å². The van der Waals surface area contributed by atoms with Crippen LogP contribution in [-0.2, 0) is 33.2 Å². The molecule has 0 bridgehead atoms. The van der Waals surface area contributed by atoms with E-state index >= 15 is 0 Å². The van der Waals surface area contributed by atoms with Crippen LogP contribution >= 0.6 is 12.6 Å². The van der Waals surface area contributed by atoms with Gasteiger partial charge in [0.2, 0.25) is 0 Å². The van der Waals surface area contributed by atoms with Crippen molar-refractivity contribution in [2.24, 2.45) is 0 Å². The molecule has 0 N–H and O–H groups in total. The molecule has 27 heavy (non-hydrogen) atoms. The molecule has 0 amide bonds. The maximum absolute atomic E-state index is 5.85. The molecule has 1 aliphatic heterocycles. The van der Waals surface area contributed by atoms with Gasteiger partial charge in [-0.2, -0.15) is 12.6 Å². The molecule has 1 atom stereocenters. The Morgan fingerprint density at radius 3 is 1.74 bits per heavy atom. The van der Waals surface area contributed by atoms with E-state index in [1.54, 1.807) is 0 Å². The molecule has 1 rings (SSSR count). The van der Waals surface area contributed by atoms with Crippen LogP contribution in [0.5, 0.6) is 0 Å². The predicted molar refractivity (Wildman–Crippen MR) is 107 cm³/mol. The number of hydrogen-bond donors (Lipinski definition) is 1. The fourth-order valence-corrected chi connectivity index (χ4v) is 2.62. The third-order valence-electron chi connectivity index (χ3n) is 3.87. The minimum atomic E-state index is -0.0930. The quantitative estimate of drug-likeness (QED) is 0.485. The van der Waals surface area contributed by atoms with Crippen molar-refractivity contribution in [2.75, 3.05) is 91.6 Å². The van der Waals surface area contributed by atoms with Crippen LogP contribution in [-0.4, -0.2) is 97.7 Å². The monoisotopic (exact) mass is 410 g/mol. The lowest BCUT2D eigenvalue weighted by molar-refractivity contribution is -0.0846. The molecule has 1 unspecified atom stereocenters. The summed E-state index contributed by atoms with van der Waals surface area (Å²) in [6.45, 7) is 7.26. The molecule has 1 saturated heterocycles. The van der Waals surface area contributed by atoms with Gasteiger partial charge >= 0.3 is 0 Å². The van der Waals surface area contributed by atoms with Crippen molar-refractivity contribution in [3.05, 3.63) is 0 Å². The van der Waals surface area contributed by atoms with Gasteiger partial charge in [0, 0.05) is 6.61 Å². The Hall–Kier alpha value is 0.0700. The van der Waals surface area contributed by atoms with Crippen LogP contribution in [0.15, 0.2) is 0 Å². The van der Waals surface area contributed by atoms with Crippen molar-refractivity contribution in [1.82, 2.24) is 0 Å². The fourth-order valence-electron chi connectivity index (χ4n) is 2.40. The molecule has 0 aromatic carbocycles. The van der Waals surface area contributed by atoms with Crippen LogP contribution in [0.25, 0.3) is 0 Å². The van der Waals surface area contributed by atoms with Crippen molar-refractivity contribution >= 4 is 12.6 Å². The average molecular weight is 411 g/mol. The molecule has 8 heteroatoms. The Kier molecular flexibility index (Phi) is 19.3. The summed E-state index contributed by atoms with van der Waals surface area (Å²) < 4.78 is 39.1. The molecule has 0 aliphatic carbocycles. The predicted octanol–water partition coefficient (Wildman–Crippen LogP) is 1.98. The first-order chi connectivity index (χ1) is 13.4. The molecule has 7 nitrogen and oxygen atoms in total. The molecule has 1 heterocycles. The molecule has 0 aromatic rings. The van der Waals surface area contributed by atoms with Crippen LogP contribution in [0.1, 0.15) is 25.7 Å². The van der Waals surface area contributed by atoms with Gasteiger partial charge in [0.25, 0.3) is 0 Å². The van der Waals surface area contributed by atoms with Crippen LogP contribution in [0.3, 0.4) is 0 Å². The lowest BCUT2D eigenvalue weighted by atomic mass is 10.2.